The van der Waals surface area contributed by atoms with E-state index in [4.69, 9.17) is 0 Å². The number of aryl methyl sites for hydroxylation is 1. The van der Waals surface area contributed by atoms with Gasteiger partial charge in [-0.15, -0.1) is 0 Å². The molecule has 0 spiro atoms. The van der Waals surface area contributed by atoms with Crippen LogP contribution in [0.2, 0.25) is 0 Å². The maximum Gasteiger partial charge on any atom is 0.141 e. The highest BCUT2D eigenvalue weighted by Gasteiger charge is 2.07. The number of nitrogens with zero attached hydrogens (tertiary/aromatic N) is 2. The number of rotatable bonds is 2. The number of fused-ring (bicyclic) bond motifs is 1. The molecule has 2 rings (SSSR count). The average molecular weight is 192 g/mol. The number of carbonyl (C=O) groups is 1. The monoisotopic (exact) mass is 192 g/mol. The number of benzene rings is 1. The minimum absolute atomic E-state index is 0.161. The zero-order valence-electron chi connectivity index (χ0n) is 7.70. The molecule has 1 aromatic heterocycles. The van der Waals surface area contributed by atoms with Gasteiger partial charge in [0, 0.05) is 5.39 Å². The fourth-order valence-corrected chi connectivity index (χ4v) is 1.52. The molecule has 0 unspecified atom stereocenters. The van der Waals surface area contributed by atoms with E-state index in [1.165, 1.54) is 16.8 Å². The smallest absolute Gasteiger partial charge is 0.141 e. The van der Waals surface area contributed by atoms with E-state index in [-0.39, 0.29) is 12.4 Å². The molecule has 0 atom stereocenters. The van der Waals surface area contributed by atoms with E-state index in [0.717, 1.165) is 17.4 Å². The molecule has 0 N–H and O–H groups in total. The Kier molecular flexibility index (Phi) is 2.04. The van der Waals surface area contributed by atoms with Gasteiger partial charge in [0.05, 0.1) is 17.8 Å². The van der Waals surface area contributed by atoms with Gasteiger partial charge in [-0.25, -0.2) is 4.39 Å². The largest absolute Gasteiger partial charge is 0.301 e. The van der Waals surface area contributed by atoms with Crippen LogP contribution < -0.4 is 0 Å². The summed E-state index contributed by atoms with van der Waals surface area (Å²) in [6, 6.07) is 4.45. The van der Waals surface area contributed by atoms with E-state index >= 15 is 0 Å². The van der Waals surface area contributed by atoms with Gasteiger partial charge in [0.1, 0.15) is 12.1 Å². The fraction of sp³-hybridized carbons (Fsp3) is 0.200. The molecule has 0 aliphatic carbocycles. The highest BCUT2D eigenvalue weighted by atomic mass is 19.1. The van der Waals surface area contributed by atoms with Crippen molar-refractivity contribution in [3.05, 3.63) is 29.7 Å². The Hall–Kier alpha value is -1.71. The molecule has 0 aliphatic rings. The standard InChI is InChI=1S/C10H9FN2O/c1-7-9-3-2-8(11)6-10(9)13(12-7)4-5-14/h2-3,5-6H,4H2,1H3. The third-order valence-corrected chi connectivity index (χ3v) is 2.15. The molecule has 0 saturated heterocycles. The van der Waals surface area contributed by atoms with Crippen LogP contribution in [-0.4, -0.2) is 16.1 Å². The summed E-state index contributed by atoms with van der Waals surface area (Å²) in [5.74, 6) is -0.315. The van der Waals surface area contributed by atoms with Crippen LogP contribution in [0.15, 0.2) is 18.2 Å². The van der Waals surface area contributed by atoms with Crippen molar-refractivity contribution in [1.29, 1.82) is 0 Å². The van der Waals surface area contributed by atoms with Crippen LogP contribution in [0.25, 0.3) is 10.9 Å². The Bertz CT molecular complexity index is 490. The summed E-state index contributed by atoms with van der Waals surface area (Å²) >= 11 is 0. The van der Waals surface area contributed by atoms with Crippen LogP contribution in [0.4, 0.5) is 4.39 Å². The molecule has 14 heavy (non-hydrogen) atoms. The predicted molar refractivity (Wildman–Crippen MR) is 50.5 cm³/mol. The van der Waals surface area contributed by atoms with Crippen LogP contribution in [0.1, 0.15) is 5.69 Å². The van der Waals surface area contributed by atoms with Crippen molar-refractivity contribution < 1.29 is 9.18 Å². The number of aldehydes is 1. The Morgan fingerprint density at radius 2 is 2.36 bits per heavy atom. The van der Waals surface area contributed by atoms with Crippen molar-refractivity contribution in [2.24, 2.45) is 0 Å². The first kappa shape index (κ1) is 8.87. The number of carbonyl (C=O) groups excluding carboxylic acids is 1. The van der Waals surface area contributed by atoms with E-state index in [9.17, 15) is 9.18 Å². The van der Waals surface area contributed by atoms with Gasteiger partial charge in [0.25, 0.3) is 0 Å². The molecule has 1 heterocycles. The van der Waals surface area contributed by atoms with Crippen LogP contribution >= 0.6 is 0 Å². The molecule has 0 aliphatic heterocycles. The van der Waals surface area contributed by atoms with Crippen molar-refractivity contribution in [3.8, 4) is 0 Å². The predicted octanol–water partition coefficient (Wildman–Crippen LogP) is 1.68. The Balaban J connectivity index is 2.72. The van der Waals surface area contributed by atoms with Gasteiger partial charge in [0.2, 0.25) is 0 Å². The van der Waals surface area contributed by atoms with Crippen LogP contribution in [0.5, 0.6) is 0 Å². The van der Waals surface area contributed by atoms with Crippen molar-refractivity contribution >= 4 is 17.2 Å². The lowest BCUT2D eigenvalue weighted by molar-refractivity contribution is -0.108. The second-order valence-corrected chi connectivity index (χ2v) is 3.10. The lowest BCUT2D eigenvalue weighted by atomic mass is 10.2. The second kappa shape index (κ2) is 3.21. The van der Waals surface area contributed by atoms with E-state index < -0.39 is 0 Å². The lowest BCUT2D eigenvalue weighted by Gasteiger charge is -1.96. The Labute approximate surface area is 80.1 Å². The molecule has 0 radical (unpaired) electrons. The highest BCUT2D eigenvalue weighted by Crippen LogP contribution is 2.18. The molecule has 0 amide bonds. The van der Waals surface area contributed by atoms with E-state index in [0.29, 0.717) is 5.52 Å². The molecule has 4 heteroatoms. The van der Waals surface area contributed by atoms with Gasteiger partial charge >= 0.3 is 0 Å². The highest BCUT2D eigenvalue weighted by molar-refractivity contribution is 5.82. The van der Waals surface area contributed by atoms with E-state index in [1.54, 1.807) is 6.07 Å². The van der Waals surface area contributed by atoms with Gasteiger partial charge in [-0.05, 0) is 25.1 Å². The zero-order chi connectivity index (χ0) is 10.1. The van der Waals surface area contributed by atoms with Gasteiger partial charge in [0.15, 0.2) is 0 Å². The number of halogens is 1. The summed E-state index contributed by atoms with van der Waals surface area (Å²) in [7, 11) is 0. The maximum atomic E-state index is 12.9. The molecule has 2 aromatic rings. The van der Waals surface area contributed by atoms with Gasteiger partial charge in [-0.2, -0.15) is 5.10 Å². The number of aromatic nitrogens is 2. The third-order valence-electron chi connectivity index (χ3n) is 2.15. The van der Waals surface area contributed by atoms with Gasteiger partial charge in [-0.1, -0.05) is 0 Å². The minimum atomic E-state index is -0.315. The Morgan fingerprint density at radius 1 is 1.57 bits per heavy atom. The zero-order valence-corrected chi connectivity index (χ0v) is 7.70. The Morgan fingerprint density at radius 3 is 3.07 bits per heavy atom. The maximum absolute atomic E-state index is 12.9. The summed E-state index contributed by atoms with van der Waals surface area (Å²) in [5, 5.41) is 5.02. The van der Waals surface area contributed by atoms with Crippen LogP contribution in [0.3, 0.4) is 0 Å². The van der Waals surface area contributed by atoms with Crippen LogP contribution in [0, 0.1) is 12.7 Å². The molecule has 0 bridgehead atoms. The molecule has 72 valence electrons. The second-order valence-electron chi connectivity index (χ2n) is 3.10. The lowest BCUT2D eigenvalue weighted by Crippen LogP contribution is -2.00. The third kappa shape index (κ3) is 1.28. The summed E-state index contributed by atoms with van der Waals surface area (Å²) in [6.45, 7) is 2.00. The van der Waals surface area contributed by atoms with Gasteiger partial charge in [-0.3, -0.25) is 4.68 Å². The van der Waals surface area contributed by atoms with Crippen molar-refractivity contribution in [3.63, 3.8) is 0 Å². The molecule has 0 saturated carbocycles. The quantitative estimate of drug-likeness (QED) is 0.678. The van der Waals surface area contributed by atoms with Gasteiger partial charge < -0.3 is 4.79 Å². The molecule has 3 nitrogen and oxygen atoms in total. The van der Waals surface area contributed by atoms with E-state index in [1.807, 2.05) is 6.92 Å². The summed E-state index contributed by atoms with van der Waals surface area (Å²) in [5.41, 5.74) is 1.47. The topological polar surface area (TPSA) is 34.9 Å². The molecular weight excluding hydrogens is 183 g/mol. The van der Waals surface area contributed by atoms with Crippen molar-refractivity contribution in [2.75, 3.05) is 0 Å². The van der Waals surface area contributed by atoms with Crippen molar-refractivity contribution in [2.45, 2.75) is 13.5 Å². The van der Waals surface area contributed by atoms with Crippen LogP contribution in [-0.2, 0) is 11.3 Å². The summed E-state index contributed by atoms with van der Waals surface area (Å²) in [6.07, 6.45) is 0.747. The van der Waals surface area contributed by atoms with E-state index in [2.05, 4.69) is 5.10 Å². The SMILES string of the molecule is Cc1nn(CC=O)c2cc(F)ccc12. The number of hydrogen-bond acceptors (Lipinski definition) is 2. The van der Waals surface area contributed by atoms with Crippen molar-refractivity contribution in [1.82, 2.24) is 9.78 Å². The first-order valence-corrected chi connectivity index (χ1v) is 4.28. The summed E-state index contributed by atoms with van der Waals surface area (Å²) in [4.78, 5) is 10.4. The molecule has 0 fully saturated rings. The number of hydrogen-bond donors (Lipinski definition) is 0. The minimum Gasteiger partial charge on any atom is -0.301 e. The fourth-order valence-electron chi connectivity index (χ4n) is 1.52. The normalized spacial score (nSPS) is 10.7. The first-order valence-electron chi connectivity index (χ1n) is 4.28. The molecular formula is C10H9FN2O. The molecule has 1 aromatic carbocycles. The average Bonchev–Trinajstić information content (AvgIpc) is 2.44. The first-order chi connectivity index (χ1) is 6.72. The summed E-state index contributed by atoms with van der Waals surface area (Å²) < 4.78 is 14.4.